The molecule has 0 bridgehead atoms. The van der Waals surface area contributed by atoms with Gasteiger partial charge in [-0.2, -0.15) is 13.2 Å². The third-order valence-corrected chi connectivity index (χ3v) is 2.01. The van der Waals surface area contributed by atoms with E-state index in [2.05, 4.69) is 0 Å². The predicted octanol–water partition coefficient (Wildman–Crippen LogP) is 2.96. The first-order valence-corrected chi connectivity index (χ1v) is 3.99. The molecule has 14 heavy (non-hydrogen) atoms. The zero-order valence-corrected chi connectivity index (χ0v) is 7.58. The molecule has 0 spiro atoms. The number of hydrogen-bond acceptors (Lipinski definition) is 1. The van der Waals surface area contributed by atoms with Gasteiger partial charge >= 0.3 is 6.18 Å². The van der Waals surface area contributed by atoms with E-state index in [4.69, 9.17) is 17.3 Å². The summed E-state index contributed by atoms with van der Waals surface area (Å²) in [6.45, 7) is -0.103. The largest absolute Gasteiger partial charge is 0.419 e. The van der Waals surface area contributed by atoms with Crippen molar-refractivity contribution in [3.8, 4) is 0 Å². The van der Waals surface area contributed by atoms with Crippen LogP contribution in [0.5, 0.6) is 0 Å². The molecule has 0 heterocycles. The van der Waals surface area contributed by atoms with Gasteiger partial charge < -0.3 is 5.73 Å². The Kier molecular flexibility index (Phi) is 3.01. The molecule has 78 valence electrons. The Bertz CT molecular complexity index is 348. The quantitative estimate of drug-likeness (QED) is 0.734. The summed E-state index contributed by atoms with van der Waals surface area (Å²) >= 11 is 5.46. The fourth-order valence-corrected chi connectivity index (χ4v) is 1.20. The topological polar surface area (TPSA) is 26.0 Å². The Hall–Kier alpha value is -0.810. The van der Waals surface area contributed by atoms with Crippen LogP contribution in [0.25, 0.3) is 0 Å². The Labute approximate surface area is 82.5 Å². The van der Waals surface area contributed by atoms with Gasteiger partial charge in [0, 0.05) is 11.6 Å². The van der Waals surface area contributed by atoms with Crippen molar-refractivity contribution in [3.05, 3.63) is 34.1 Å². The van der Waals surface area contributed by atoms with E-state index in [1.165, 1.54) is 0 Å². The van der Waals surface area contributed by atoms with Crippen LogP contribution in [0.1, 0.15) is 11.1 Å². The van der Waals surface area contributed by atoms with Crippen LogP contribution in [0.15, 0.2) is 12.1 Å². The Morgan fingerprint density at radius 3 is 2.29 bits per heavy atom. The fourth-order valence-electron chi connectivity index (χ4n) is 0.962. The Balaban J connectivity index is 3.29. The number of hydrogen-bond donors (Lipinski definition) is 1. The fraction of sp³-hybridized carbons (Fsp3) is 0.250. The molecule has 1 aromatic carbocycles. The average molecular weight is 228 g/mol. The first-order chi connectivity index (χ1) is 6.36. The number of benzene rings is 1. The lowest BCUT2D eigenvalue weighted by Crippen LogP contribution is -2.09. The minimum absolute atomic E-state index is 0.103. The molecule has 0 fully saturated rings. The smallest absolute Gasteiger partial charge is 0.326 e. The first-order valence-electron chi connectivity index (χ1n) is 3.61. The summed E-state index contributed by atoms with van der Waals surface area (Å²) in [6.07, 6.45) is -4.74. The van der Waals surface area contributed by atoms with Gasteiger partial charge in [-0.3, -0.25) is 0 Å². The Morgan fingerprint density at radius 1 is 1.29 bits per heavy atom. The minimum atomic E-state index is -4.74. The molecule has 1 nitrogen and oxygen atoms in total. The highest BCUT2D eigenvalue weighted by atomic mass is 35.5. The lowest BCUT2D eigenvalue weighted by Gasteiger charge is -2.10. The summed E-state index contributed by atoms with van der Waals surface area (Å²) < 4.78 is 49.3. The van der Waals surface area contributed by atoms with Gasteiger partial charge in [0.15, 0.2) is 0 Å². The molecular formula is C8H6ClF4N. The van der Waals surface area contributed by atoms with Gasteiger partial charge in [-0.25, -0.2) is 4.39 Å². The van der Waals surface area contributed by atoms with Crippen LogP contribution in [0, 0.1) is 5.82 Å². The third-order valence-electron chi connectivity index (χ3n) is 1.66. The van der Waals surface area contributed by atoms with E-state index < -0.39 is 17.6 Å². The van der Waals surface area contributed by atoms with E-state index in [0.29, 0.717) is 12.1 Å². The number of alkyl halides is 3. The maximum atomic E-state index is 12.9. The maximum Gasteiger partial charge on any atom is 0.419 e. The standard InChI is InChI=1S/C8H6ClF4N/c9-6-2-5(8(11,12)13)7(10)1-4(6)3-14/h1-2H,3,14H2. The molecule has 0 radical (unpaired) electrons. The molecule has 0 saturated heterocycles. The van der Waals surface area contributed by atoms with E-state index in [1.54, 1.807) is 0 Å². The van der Waals surface area contributed by atoms with Gasteiger partial charge in [0.05, 0.1) is 5.56 Å². The van der Waals surface area contributed by atoms with Crippen LogP contribution in [0.3, 0.4) is 0 Å². The molecule has 0 aliphatic rings. The van der Waals surface area contributed by atoms with Crippen molar-refractivity contribution in [2.75, 3.05) is 0 Å². The average Bonchev–Trinajstić information content (AvgIpc) is 2.06. The van der Waals surface area contributed by atoms with Crippen LogP contribution in [-0.2, 0) is 12.7 Å². The summed E-state index contributed by atoms with van der Waals surface area (Å²) in [6, 6.07) is 1.24. The molecule has 0 aliphatic carbocycles. The zero-order valence-electron chi connectivity index (χ0n) is 6.83. The SMILES string of the molecule is NCc1cc(F)c(C(F)(F)F)cc1Cl. The van der Waals surface area contributed by atoms with Crippen molar-refractivity contribution < 1.29 is 17.6 Å². The van der Waals surface area contributed by atoms with Gasteiger partial charge in [0.25, 0.3) is 0 Å². The van der Waals surface area contributed by atoms with E-state index >= 15 is 0 Å². The van der Waals surface area contributed by atoms with Gasteiger partial charge in [-0.05, 0) is 17.7 Å². The van der Waals surface area contributed by atoms with Gasteiger partial charge in [0.1, 0.15) is 5.82 Å². The molecule has 0 aromatic heterocycles. The molecule has 0 atom stereocenters. The monoisotopic (exact) mass is 227 g/mol. The van der Waals surface area contributed by atoms with Crippen LogP contribution in [0.2, 0.25) is 5.02 Å². The summed E-state index contributed by atoms with van der Waals surface area (Å²) in [7, 11) is 0. The second-order valence-electron chi connectivity index (χ2n) is 2.63. The maximum absolute atomic E-state index is 12.9. The van der Waals surface area contributed by atoms with Gasteiger partial charge in [-0.15, -0.1) is 0 Å². The summed E-state index contributed by atoms with van der Waals surface area (Å²) in [5.74, 6) is -1.36. The van der Waals surface area contributed by atoms with E-state index in [0.717, 1.165) is 0 Å². The number of nitrogens with two attached hydrogens (primary N) is 1. The van der Waals surface area contributed by atoms with Gasteiger partial charge in [-0.1, -0.05) is 11.6 Å². The van der Waals surface area contributed by atoms with Crippen LogP contribution >= 0.6 is 11.6 Å². The van der Waals surface area contributed by atoms with Crippen molar-refractivity contribution in [1.82, 2.24) is 0 Å². The van der Waals surface area contributed by atoms with E-state index in [1.807, 2.05) is 0 Å². The first kappa shape index (κ1) is 11.3. The lowest BCUT2D eigenvalue weighted by atomic mass is 10.1. The van der Waals surface area contributed by atoms with Gasteiger partial charge in [0.2, 0.25) is 0 Å². The molecule has 0 saturated carbocycles. The summed E-state index contributed by atoms with van der Waals surface area (Å²) in [5.41, 5.74) is 3.92. The highest BCUT2D eigenvalue weighted by Gasteiger charge is 2.34. The van der Waals surface area contributed by atoms with Crippen molar-refractivity contribution in [2.45, 2.75) is 12.7 Å². The molecule has 0 aliphatic heterocycles. The van der Waals surface area contributed by atoms with E-state index in [9.17, 15) is 17.6 Å². The number of rotatable bonds is 1. The second-order valence-corrected chi connectivity index (χ2v) is 3.03. The van der Waals surface area contributed by atoms with Crippen LogP contribution in [0.4, 0.5) is 17.6 Å². The van der Waals surface area contributed by atoms with Crippen molar-refractivity contribution in [1.29, 1.82) is 0 Å². The van der Waals surface area contributed by atoms with E-state index in [-0.39, 0.29) is 17.1 Å². The van der Waals surface area contributed by atoms with Crippen molar-refractivity contribution in [3.63, 3.8) is 0 Å². The summed E-state index contributed by atoms with van der Waals surface area (Å²) in [5, 5.41) is -0.179. The molecule has 1 aromatic rings. The summed E-state index contributed by atoms with van der Waals surface area (Å²) in [4.78, 5) is 0. The molecule has 0 amide bonds. The molecule has 6 heteroatoms. The normalized spacial score (nSPS) is 11.9. The third kappa shape index (κ3) is 2.16. The molecule has 2 N–H and O–H groups in total. The Morgan fingerprint density at radius 2 is 1.86 bits per heavy atom. The van der Waals surface area contributed by atoms with Crippen LogP contribution < -0.4 is 5.73 Å². The highest BCUT2D eigenvalue weighted by Crippen LogP contribution is 2.34. The lowest BCUT2D eigenvalue weighted by molar-refractivity contribution is -0.140. The predicted molar refractivity (Wildman–Crippen MR) is 44.3 cm³/mol. The van der Waals surface area contributed by atoms with Crippen molar-refractivity contribution >= 4 is 11.6 Å². The number of halogens is 5. The zero-order chi connectivity index (χ0) is 10.9. The molecule has 0 unspecified atom stereocenters. The minimum Gasteiger partial charge on any atom is -0.326 e. The van der Waals surface area contributed by atoms with Crippen molar-refractivity contribution in [2.24, 2.45) is 5.73 Å². The van der Waals surface area contributed by atoms with Crippen LogP contribution in [-0.4, -0.2) is 0 Å². The molecular weight excluding hydrogens is 222 g/mol. The second kappa shape index (κ2) is 3.74. The molecule has 1 rings (SSSR count). The highest BCUT2D eigenvalue weighted by molar-refractivity contribution is 6.31.